The molecule has 1 atom stereocenters. The van der Waals surface area contributed by atoms with E-state index in [1.165, 1.54) is 14.2 Å². The number of aliphatic hydroxyl groups is 1. The lowest BCUT2D eigenvalue weighted by molar-refractivity contribution is 0.181. The summed E-state index contributed by atoms with van der Waals surface area (Å²) >= 11 is 5.91. The Morgan fingerprint density at radius 3 is 2.40 bits per heavy atom. The van der Waals surface area contributed by atoms with E-state index in [1.807, 2.05) is 0 Å². The summed E-state index contributed by atoms with van der Waals surface area (Å²) < 4.78 is 10.2. The van der Waals surface area contributed by atoms with Gasteiger partial charge < -0.3 is 20.3 Å². The third-order valence-corrected chi connectivity index (χ3v) is 2.38. The van der Waals surface area contributed by atoms with Crippen molar-refractivity contribution in [1.29, 1.82) is 0 Å². The second kappa shape index (κ2) is 5.21. The first-order valence-corrected chi connectivity index (χ1v) is 4.82. The molecule has 0 saturated heterocycles. The van der Waals surface area contributed by atoms with Gasteiger partial charge in [-0.3, -0.25) is 0 Å². The average molecular weight is 232 g/mol. The fourth-order valence-electron chi connectivity index (χ4n) is 1.34. The summed E-state index contributed by atoms with van der Waals surface area (Å²) in [6, 6.07) is 3.30. The van der Waals surface area contributed by atoms with Gasteiger partial charge in [0.15, 0.2) is 11.5 Å². The summed E-state index contributed by atoms with van der Waals surface area (Å²) in [7, 11) is 2.98. The van der Waals surface area contributed by atoms with Gasteiger partial charge in [-0.25, -0.2) is 0 Å². The molecule has 1 rings (SSSR count). The highest BCUT2D eigenvalue weighted by molar-refractivity contribution is 6.32. The van der Waals surface area contributed by atoms with Crippen molar-refractivity contribution in [2.24, 2.45) is 5.73 Å². The lowest BCUT2D eigenvalue weighted by atomic mass is 10.1. The van der Waals surface area contributed by atoms with Gasteiger partial charge in [-0.1, -0.05) is 17.7 Å². The van der Waals surface area contributed by atoms with Crippen LogP contribution >= 0.6 is 11.6 Å². The Morgan fingerprint density at radius 1 is 1.33 bits per heavy atom. The molecule has 0 heterocycles. The molecule has 0 aliphatic carbocycles. The standard InChI is InChI=1S/C10H14ClNO3/c1-14-9-6(8(13)5-12)3-4-7(11)10(9)15-2/h3-4,8,13H,5,12H2,1-2H3. The molecule has 15 heavy (non-hydrogen) atoms. The zero-order chi connectivity index (χ0) is 11.4. The van der Waals surface area contributed by atoms with Crippen molar-refractivity contribution in [2.45, 2.75) is 6.10 Å². The first kappa shape index (κ1) is 12.1. The van der Waals surface area contributed by atoms with Crippen molar-refractivity contribution >= 4 is 11.6 Å². The van der Waals surface area contributed by atoms with Gasteiger partial charge in [0.1, 0.15) is 0 Å². The summed E-state index contributed by atoms with van der Waals surface area (Å²) in [4.78, 5) is 0. The predicted molar refractivity (Wildman–Crippen MR) is 58.6 cm³/mol. The van der Waals surface area contributed by atoms with Crippen LogP contribution in [0.4, 0.5) is 0 Å². The summed E-state index contributed by atoms with van der Waals surface area (Å²) in [5.74, 6) is 0.826. The van der Waals surface area contributed by atoms with Crippen LogP contribution < -0.4 is 15.2 Å². The van der Waals surface area contributed by atoms with E-state index in [0.717, 1.165) is 0 Å². The molecular formula is C10H14ClNO3. The number of hydrogen-bond donors (Lipinski definition) is 2. The van der Waals surface area contributed by atoms with E-state index in [-0.39, 0.29) is 6.54 Å². The summed E-state index contributed by atoms with van der Waals surface area (Å²) in [5, 5.41) is 10.1. The van der Waals surface area contributed by atoms with Crippen LogP contribution in [-0.2, 0) is 0 Å². The molecule has 1 aromatic rings. The molecule has 0 amide bonds. The smallest absolute Gasteiger partial charge is 0.179 e. The molecule has 0 aliphatic heterocycles. The van der Waals surface area contributed by atoms with Crippen LogP contribution in [0.3, 0.4) is 0 Å². The van der Waals surface area contributed by atoms with Crippen LogP contribution in [0.15, 0.2) is 12.1 Å². The Kier molecular flexibility index (Phi) is 4.20. The normalized spacial score (nSPS) is 12.3. The highest BCUT2D eigenvalue weighted by Gasteiger charge is 2.18. The fourth-order valence-corrected chi connectivity index (χ4v) is 1.57. The van der Waals surface area contributed by atoms with Gasteiger partial charge in [0, 0.05) is 12.1 Å². The van der Waals surface area contributed by atoms with Gasteiger partial charge in [-0.2, -0.15) is 0 Å². The molecule has 0 aliphatic rings. The molecule has 0 radical (unpaired) electrons. The van der Waals surface area contributed by atoms with Crippen molar-refractivity contribution in [1.82, 2.24) is 0 Å². The molecule has 84 valence electrons. The first-order valence-electron chi connectivity index (χ1n) is 4.44. The van der Waals surface area contributed by atoms with Gasteiger partial charge in [-0.05, 0) is 6.07 Å². The van der Waals surface area contributed by atoms with E-state index in [4.69, 9.17) is 26.8 Å². The van der Waals surface area contributed by atoms with E-state index in [1.54, 1.807) is 12.1 Å². The number of rotatable bonds is 4. The van der Waals surface area contributed by atoms with Gasteiger partial charge in [0.25, 0.3) is 0 Å². The maximum absolute atomic E-state index is 9.65. The molecule has 0 saturated carbocycles. The Labute approximate surface area is 93.6 Å². The van der Waals surface area contributed by atoms with Crippen LogP contribution in [-0.4, -0.2) is 25.9 Å². The van der Waals surface area contributed by atoms with Gasteiger partial charge in [-0.15, -0.1) is 0 Å². The van der Waals surface area contributed by atoms with Crippen LogP contribution in [0.25, 0.3) is 0 Å². The van der Waals surface area contributed by atoms with E-state index < -0.39 is 6.10 Å². The molecule has 3 N–H and O–H groups in total. The SMILES string of the molecule is COc1c(Cl)ccc(C(O)CN)c1OC. The monoisotopic (exact) mass is 231 g/mol. The highest BCUT2D eigenvalue weighted by atomic mass is 35.5. The second-order valence-electron chi connectivity index (χ2n) is 2.95. The number of benzene rings is 1. The molecule has 1 unspecified atom stereocenters. The van der Waals surface area contributed by atoms with E-state index in [9.17, 15) is 5.11 Å². The molecule has 0 bridgehead atoms. The minimum atomic E-state index is -0.786. The molecule has 1 aromatic carbocycles. The summed E-state index contributed by atoms with van der Waals surface area (Å²) in [6.07, 6.45) is -0.786. The Hall–Kier alpha value is -0.970. The molecule has 0 fully saturated rings. The van der Waals surface area contributed by atoms with Crippen LogP contribution in [0, 0.1) is 0 Å². The van der Waals surface area contributed by atoms with E-state index in [0.29, 0.717) is 22.1 Å². The highest BCUT2D eigenvalue weighted by Crippen LogP contribution is 2.39. The minimum absolute atomic E-state index is 0.112. The van der Waals surface area contributed by atoms with Crippen molar-refractivity contribution < 1.29 is 14.6 Å². The third-order valence-electron chi connectivity index (χ3n) is 2.09. The van der Waals surface area contributed by atoms with Gasteiger partial charge in [0.2, 0.25) is 0 Å². The Bertz CT molecular complexity index is 344. The maximum Gasteiger partial charge on any atom is 0.179 e. The Morgan fingerprint density at radius 2 is 1.93 bits per heavy atom. The van der Waals surface area contributed by atoms with Crippen LogP contribution in [0.2, 0.25) is 5.02 Å². The van der Waals surface area contributed by atoms with Gasteiger partial charge >= 0.3 is 0 Å². The number of hydrogen-bond acceptors (Lipinski definition) is 4. The van der Waals surface area contributed by atoms with Crippen molar-refractivity contribution in [3.05, 3.63) is 22.7 Å². The molecule has 4 nitrogen and oxygen atoms in total. The molecule has 0 aromatic heterocycles. The summed E-state index contributed by atoms with van der Waals surface area (Å²) in [6.45, 7) is 0.112. The maximum atomic E-state index is 9.65. The van der Waals surface area contributed by atoms with Crippen LogP contribution in [0.5, 0.6) is 11.5 Å². The van der Waals surface area contributed by atoms with E-state index >= 15 is 0 Å². The lowest BCUT2D eigenvalue weighted by Gasteiger charge is -2.16. The first-order chi connectivity index (χ1) is 7.15. The van der Waals surface area contributed by atoms with E-state index in [2.05, 4.69) is 0 Å². The van der Waals surface area contributed by atoms with Crippen LogP contribution in [0.1, 0.15) is 11.7 Å². The zero-order valence-electron chi connectivity index (χ0n) is 8.66. The van der Waals surface area contributed by atoms with Crippen molar-refractivity contribution in [3.63, 3.8) is 0 Å². The minimum Gasteiger partial charge on any atom is -0.492 e. The summed E-state index contributed by atoms with van der Waals surface area (Å²) in [5.41, 5.74) is 5.95. The quantitative estimate of drug-likeness (QED) is 0.821. The largest absolute Gasteiger partial charge is 0.492 e. The zero-order valence-corrected chi connectivity index (χ0v) is 9.41. The Balaban J connectivity index is 3.28. The molecule has 5 heteroatoms. The number of nitrogens with two attached hydrogens (primary N) is 1. The molecule has 0 spiro atoms. The number of aliphatic hydroxyl groups excluding tert-OH is 1. The number of ether oxygens (including phenoxy) is 2. The van der Waals surface area contributed by atoms with Gasteiger partial charge in [0.05, 0.1) is 25.3 Å². The topological polar surface area (TPSA) is 64.7 Å². The molecular weight excluding hydrogens is 218 g/mol. The number of halogens is 1. The third kappa shape index (κ3) is 2.34. The fraction of sp³-hybridized carbons (Fsp3) is 0.400. The number of methoxy groups -OCH3 is 2. The predicted octanol–water partition coefficient (Wildman–Crippen LogP) is 1.35. The second-order valence-corrected chi connectivity index (χ2v) is 3.36. The van der Waals surface area contributed by atoms with Crippen molar-refractivity contribution in [3.8, 4) is 11.5 Å². The average Bonchev–Trinajstić information content (AvgIpc) is 2.27. The van der Waals surface area contributed by atoms with Crippen molar-refractivity contribution in [2.75, 3.05) is 20.8 Å². The lowest BCUT2D eigenvalue weighted by Crippen LogP contribution is -2.13.